The monoisotopic (exact) mass is 547 g/mol. The van der Waals surface area contributed by atoms with Crippen molar-refractivity contribution in [3.8, 4) is 0 Å². The number of carbonyl (C=O) groups is 2. The Labute approximate surface area is 176 Å². The minimum atomic E-state index is -0.595. The van der Waals surface area contributed by atoms with Gasteiger partial charge in [0.05, 0.1) is 0 Å². The van der Waals surface area contributed by atoms with Gasteiger partial charge in [-0.15, -0.1) is 0 Å². The molecule has 1 fully saturated rings. The summed E-state index contributed by atoms with van der Waals surface area (Å²) >= 11 is 0. The van der Waals surface area contributed by atoms with E-state index in [0.29, 0.717) is 12.3 Å². The number of primary amides is 1. The largest absolute Gasteiger partial charge is 2.00 e. The van der Waals surface area contributed by atoms with Gasteiger partial charge in [-0.25, -0.2) is 16.1 Å². The summed E-state index contributed by atoms with van der Waals surface area (Å²) in [5.74, 6) is 0. The molecular weight excluding hydrogens is 518 g/mol. The number of hydrogen-bond donors (Lipinski definition) is 2. The fourth-order valence-electron chi connectivity index (χ4n) is 2.11. The molecular formula is C19H29N3O4W. The van der Waals surface area contributed by atoms with E-state index in [4.69, 9.17) is 15.2 Å². The van der Waals surface area contributed by atoms with Crippen molar-refractivity contribution < 1.29 is 40.1 Å². The van der Waals surface area contributed by atoms with E-state index in [2.05, 4.69) is 12.2 Å². The summed E-state index contributed by atoms with van der Waals surface area (Å²) in [5.41, 5.74) is 5.71. The Bertz CT molecular complexity index is 612. The van der Waals surface area contributed by atoms with Gasteiger partial charge in [0.15, 0.2) is 0 Å². The van der Waals surface area contributed by atoms with Crippen LogP contribution in [0.5, 0.6) is 0 Å². The van der Waals surface area contributed by atoms with Crippen LogP contribution in [-0.2, 0) is 37.0 Å². The average molecular weight is 547 g/mol. The topological polar surface area (TPSA) is 93.9 Å². The molecule has 0 atom stereocenters. The van der Waals surface area contributed by atoms with Crippen LogP contribution in [0, 0.1) is 13.5 Å². The summed E-state index contributed by atoms with van der Waals surface area (Å²) in [7, 11) is 0. The summed E-state index contributed by atoms with van der Waals surface area (Å²) in [4.78, 5) is 23.6. The van der Waals surface area contributed by atoms with E-state index in [9.17, 15) is 9.59 Å². The zero-order chi connectivity index (χ0) is 20.0. The molecule has 0 spiro atoms. The average Bonchev–Trinajstić information content (AvgIpc) is 2.86. The number of hydrogen-bond acceptors (Lipinski definition) is 4. The Morgan fingerprint density at radius 3 is 2.26 bits per heavy atom. The fourth-order valence-corrected chi connectivity index (χ4v) is 2.11. The van der Waals surface area contributed by atoms with Crippen LogP contribution in [0.15, 0.2) is 24.3 Å². The number of rotatable bonds is 2. The van der Waals surface area contributed by atoms with Crippen molar-refractivity contribution in [1.82, 2.24) is 4.90 Å². The van der Waals surface area contributed by atoms with Crippen molar-refractivity contribution in [1.29, 1.82) is 0 Å². The van der Waals surface area contributed by atoms with E-state index in [1.54, 1.807) is 18.7 Å². The van der Waals surface area contributed by atoms with Gasteiger partial charge in [-0.1, -0.05) is 24.3 Å². The number of nitrogens with two attached hydrogens (primary N) is 1. The molecule has 0 saturated carbocycles. The van der Waals surface area contributed by atoms with Gasteiger partial charge in [0, 0.05) is 5.69 Å². The third-order valence-corrected chi connectivity index (χ3v) is 3.37. The molecule has 0 aliphatic carbocycles. The molecule has 1 aromatic carbocycles. The first-order chi connectivity index (χ1) is 11.9. The molecule has 150 valence electrons. The molecule has 0 bridgehead atoms. The quantitative estimate of drug-likeness (QED) is 0.553. The van der Waals surface area contributed by atoms with E-state index >= 15 is 0 Å². The molecule has 27 heavy (non-hydrogen) atoms. The molecule has 0 radical (unpaired) electrons. The molecule has 2 rings (SSSR count). The first-order valence-corrected chi connectivity index (χ1v) is 8.39. The van der Waals surface area contributed by atoms with Crippen molar-refractivity contribution in [2.75, 3.05) is 11.9 Å². The SMILES string of the molecule is CC(C)(C)OC(=O)N1[CH-]COC1(C)C.[CH2-]Cc1ccc(NC(N)=O)cc1.[W+2]. The predicted octanol–water partition coefficient (Wildman–Crippen LogP) is 3.70. The third-order valence-electron chi connectivity index (χ3n) is 3.37. The van der Waals surface area contributed by atoms with E-state index in [0.717, 1.165) is 12.0 Å². The summed E-state index contributed by atoms with van der Waals surface area (Å²) in [6.07, 6.45) is 0.386. The number of benzene rings is 1. The number of amides is 3. The minimum Gasteiger partial charge on any atom is -0.445 e. The van der Waals surface area contributed by atoms with Gasteiger partial charge in [-0.05, 0) is 46.8 Å². The molecule has 3 amide bonds. The Morgan fingerprint density at radius 1 is 1.33 bits per heavy atom. The number of urea groups is 1. The molecule has 1 aliphatic heterocycles. The van der Waals surface area contributed by atoms with Crippen LogP contribution in [0.4, 0.5) is 15.3 Å². The summed E-state index contributed by atoms with van der Waals surface area (Å²) in [6.45, 7) is 15.1. The molecule has 1 saturated heterocycles. The second-order valence-corrected chi connectivity index (χ2v) is 7.23. The van der Waals surface area contributed by atoms with Crippen molar-refractivity contribution in [3.05, 3.63) is 43.3 Å². The minimum absolute atomic E-state index is 0. The Kier molecular flexibility index (Phi) is 10.0. The summed E-state index contributed by atoms with van der Waals surface area (Å²) < 4.78 is 10.6. The fraction of sp³-hybridized carbons (Fsp3) is 0.474. The molecule has 1 aliphatic rings. The first kappa shape index (κ1) is 25.4. The van der Waals surface area contributed by atoms with Gasteiger partial charge in [0.2, 0.25) is 0 Å². The standard InChI is InChI=1S/C10H18NO3.C9H11N2O.W/c1-9(2,3)14-8(12)11-6-7-13-10(11,4)5;1-2-7-3-5-8(6-4-7)11-9(10)12;/h6H,7H2,1-5H3;3-6H,1-2H2,(H3,10,11,12);/q2*-1;+2. The Hall–Kier alpha value is -1.59. The molecule has 8 heteroatoms. The van der Waals surface area contributed by atoms with Gasteiger partial charge >= 0.3 is 33.2 Å². The second kappa shape index (κ2) is 10.7. The van der Waals surface area contributed by atoms with Gasteiger partial charge < -0.3 is 32.3 Å². The zero-order valence-electron chi connectivity index (χ0n) is 16.6. The summed E-state index contributed by atoms with van der Waals surface area (Å²) in [5, 5.41) is 2.47. The van der Waals surface area contributed by atoms with Gasteiger partial charge in [0.1, 0.15) is 11.3 Å². The van der Waals surface area contributed by atoms with Gasteiger partial charge in [0.25, 0.3) is 0 Å². The van der Waals surface area contributed by atoms with Crippen LogP contribution in [0.3, 0.4) is 0 Å². The first-order valence-electron chi connectivity index (χ1n) is 8.39. The summed E-state index contributed by atoms with van der Waals surface area (Å²) in [6, 6.07) is 6.85. The van der Waals surface area contributed by atoms with Crippen LogP contribution < -0.4 is 11.1 Å². The zero-order valence-corrected chi connectivity index (χ0v) is 19.5. The molecule has 3 N–H and O–H groups in total. The molecule has 0 aromatic heterocycles. The maximum absolute atomic E-state index is 11.7. The van der Waals surface area contributed by atoms with E-state index in [1.807, 2.05) is 46.8 Å². The Morgan fingerprint density at radius 2 is 1.89 bits per heavy atom. The maximum atomic E-state index is 11.7. The van der Waals surface area contributed by atoms with E-state index < -0.39 is 17.4 Å². The number of carbonyl (C=O) groups excluding carboxylic acids is 2. The Balaban J connectivity index is 0.000000488. The van der Waals surface area contributed by atoms with Gasteiger partial charge in [-0.2, -0.15) is 6.42 Å². The number of nitrogens with zero attached hydrogens (tertiary/aromatic N) is 1. The van der Waals surface area contributed by atoms with Crippen LogP contribution >= 0.6 is 0 Å². The smallest absolute Gasteiger partial charge is 0.445 e. The van der Waals surface area contributed by atoms with Crippen LogP contribution in [-0.4, -0.2) is 35.0 Å². The van der Waals surface area contributed by atoms with E-state index in [-0.39, 0.29) is 27.2 Å². The van der Waals surface area contributed by atoms with Gasteiger partial charge in [-0.3, -0.25) is 0 Å². The van der Waals surface area contributed by atoms with Crippen molar-refractivity contribution in [2.45, 2.75) is 52.4 Å². The number of ether oxygens (including phenoxy) is 2. The third kappa shape index (κ3) is 9.25. The molecule has 0 unspecified atom stereocenters. The second-order valence-electron chi connectivity index (χ2n) is 7.23. The van der Waals surface area contributed by atoms with Crippen molar-refractivity contribution in [2.24, 2.45) is 5.73 Å². The molecule has 1 heterocycles. The molecule has 1 aromatic rings. The maximum Gasteiger partial charge on any atom is 2.00 e. The van der Waals surface area contributed by atoms with Crippen molar-refractivity contribution in [3.63, 3.8) is 0 Å². The normalized spacial score (nSPS) is 15.1. The number of anilines is 1. The van der Waals surface area contributed by atoms with Crippen LogP contribution in [0.2, 0.25) is 0 Å². The van der Waals surface area contributed by atoms with Crippen LogP contribution in [0.25, 0.3) is 0 Å². The van der Waals surface area contributed by atoms with E-state index in [1.165, 1.54) is 4.90 Å². The number of nitrogens with one attached hydrogen (secondary N) is 1. The van der Waals surface area contributed by atoms with Crippen LogP contribution in [0.1, 0.15) is 40.2 Å². The molecule has 7 nitrogen and oxygen atoms in total. The predicted molar refractivity (Wildman–Crippen MR) is 101 cm³/mol. The van der Waals surface area contributed by atoms with Crippen molar-refractivity contribution >= 4 is 17.8 Å².